The van der Waals surface area contributed by atoms with Crippen molar-refractivity contribution in [3.8, 4) is 0 Å². The molecule has 1 fully saturated rings. The van der Waals surface area contributed by atoms with Crippen molar-refractivity contribution >= 4 is 38.3 Å². The molecule has 0 N–H and O–H groups in total. The van der Waals surface area contributed by atoms with Gasteiger partial charge in [0.1, 0.15) is 0 Å². The molecule has 2 aromatic carbocycles. The van der Waals surface area contributed by atoms with Crippen LogP contribution in [0.25, 0.3) is 10.2 Å². The number of methoxy groups -OCH3 is 1. The van der Waals surface area contributed by atoms with Gasteiger partial charge in [0.05, 0.1) is 29.4 Å². The number of hydrogen-bond donors (Lipinski definition) is 0. The topological polar surface area (TPSA) is 72.2 Å². The summed E-state index contributed by atoms with van der Waals surface area (Å²) in [6.45, 7) is 4.58. The normalized spacial score (nSPS) is 16.0. The maximum atomic E-state index is 6.63. The molecule has 10 heteroatoms. The second-order valence-corrected chi connectivity index (χ2v) is 9.08. The third-order valence-corrected chi connectivity index (χ3v) is 7.19. The van der Waals surface area contributed by atoms with Crippen LogP contribution in [-0.4, -0.2) is 70.0 Å². The zero-order valence-electron chi connectivity index (χ0n) is 17.8. The van der Waals surface area contributed by atoms with E-state index in [-0.39, 0.29) is 6.04 Å². The number of ether oxygens (including phenoxy) is 1. The number of thiazole rings is 1. The molecule has 1 aliphatic heterocycles. The Balaban J connectivity index is 1.40. The van der Waals surface area contributed by atoms with E-state index in [9.17, 15) is 0 Å². The third-order valence-electron chi connectivity index (χ3n) is 5.74. The molecule has 32 heavy (non-hydrogen) atoms. The average Bonchev–Trinajstić information content (AvgIpc) is 3.47. The van der Waals surface area contributed by atoms with Crippen LogP contribution >= 0.6 is 22.9 Å². The van der Waals surface area contributed by atoms with E-state index in [4.69, 9.17) is 21.3 Å². The van der Waals surface area contributed by atoms with Crippen molar-refractivity contribution in [2.24, 2.45) is 0 Å². The van der Waals surface area contributed by atoms with Crippen molar-refractivity contribution < 1.29 is 4.74 Å². The van der Waals surface area contributed by atoms with Gasteiger partial charge in [0, 0.05) is 38.3 Å². The summed E-state index contributed by atoms with van der Waals surface area (Å²) in [7, 11) is 1.68. The van der Waals surface area contributed by atoms with Gasteiger partial charge in [0.25, 0.3) is 0 Å². The zero-order valence-corrected chi connectivity index (χ0v) is 19.3. The molecule has 2 aromatic heterocycles. The molecule has 0 amide bonds. The van der Waals surface area contributed by atoms with Crippen LogP contribution < -0.4 is 4.90 Å². The minimum Gasteiger partial charge on any atom is -0.383 e. The summed E-state index contributed by atoms with van der Waals surface area (Å²) in [5, 5.41) is 14.3. The fourth-order valence-electron chi connectivity index (χ4n) is 4.11. The first-order chi connectivity index (χ1) is 15.7. The Morgan fingerprint density at radius 2 is 1.84 bits per heavy atom. The Bertz CT molecular complexity index is 1150. The second-order valence-electron chi connectivity index (χ2n) is 7.66. The van der Waals surface area contributed by atoms with E-state index in [1.807, 2.05) is 28.9 Å². The van der Waals surface area contributed by atoms with Crippen molar-refractivity contribution in [1.82, 2.24) is 30.1 Å². The summed E-state index contributed by atoms with van der Waals surface area (Å²) >= 11 is 8.38. The summed E-state index contributed by atoms with van der Waals surface area (Å²) in [5.74, 6) is 0.781. The maximum absolute atomic E-state index is 6.63. The number of anilines is 1. The fraction of sp³-hybridized carbons (Fsp3) is 0.364. The van der Waals surface area contributed by atoms with E-state index < -0.39 is 0 Å². The Hall–Kier alpha value is -2.59. The lowest BCUT2D eigenvalue weighted by atomic mass is 10.0. The van der Waals surface area contributed by atoms with Crippen molar-refractivity contribution in [2.45, 2.75) is 12.6 Å². The van der Waals surface area contributed by atoms with Crippen LogP contribution in [0, 0.1) is 0 Å². The summed E-state index contributed by atoms with van der Waals surface area (Å²) in [6, 6.07) is 16.1. The van der Waals surface area contributed by atoms with Crippen LogP contribution in [0.5, 0.6) is 0 Å². The third kappa shape index (κ3) is 4.21. The molecule has 166 valence electrons. The van der Waals surface area contributed by atoms with Crippen LogP contribution in [0.1, 0.15) is 17.4 Å². The van der Waals surface area contributed by atoms with E-state index in [1.54, 1.807) is 18.4 Å². The summed E-state index contributed by atoms with van der Waals surface area (Å²) in [6.07, 6.45) is 0. The van der Waals surface area contributed by atoms with E-state index in [2.05, 4.69) is 49.6 Å². The molecule has 1 aliphatic rings. The van der Waals surface area contributed by atoms with Crippen molar-refractivity contribution in [3.63, 3.8) is 0 Å². The molecule has 3 heterocycles. The highest BCUT2D eigenvalue weighted by Gasteiger charge is 2.32. The number of rotatable bonds is 7. The van der Waals surface area contributed by atoms with Crippen LogP contribution in [0.2, 0.25) is 5.02 Å². The number of fused-ring (bicyclic) bond motifs is 1. The van der Waals surface area contributed by atoms with Gasteiger partial charge >= 0.3 is 0 Å². The van der Waals surface area contributed by atoms with Crippen LogP contribution in [0.15, 0.2) is 48.5 Å². The molecule has 5 rings (SSSR count). The quantitative estimate of drug-likeness (QED) is 0.410. The van der Waals surface area contributed by atoms with E-state index in [0.29, 0.717) is 18.2 Å². The Morgan fingerprint density at radius 1 is 1.06 bits per heavy atom. The van der Waals surface area contributed by atoms with Gasteiger partial charge in [-0.05, 0) is 34.2 Å². The fourth-order valence-corrected chi connectivity index (χ4v) is 5.36. The van der Waals surface area contributed by atoms with Gasteiger partial charge < -0.3 is 9.64 Å². The molecule has 0 spiro atoms. The Morgan fingerprint density at radius 3 is 2.62 bits per heavy atom. The predicted octanol–water partition coefficient (Wildman–Crippen LogP) is 3.49. The lowest BCUT2D eigenvalue weighted by molar-refractivity contribution is 0.172. The first kappa shape index (κ1) is 21.3. The second kappa shape index (κ2) is 9.50. The lowest BCUT2D eigenvalue weighted by Crippen LogP contribution is -2.48. The number of benzene rings is 2. The molecule has 0 radical (unpaired) electrons. The van der Waals surface area contributed by atoms with Gasteiger partial charge in [0.15, 0.2) is 11.0 Å². The zero-order chi connectivity index (χ0) is 21.9. The van der Waals surface area contributed by atoms with Gasteiger partial charge in [-0.15, -0.1) is 5.10 Å². The number of aromatic nitrogens is 5. The van der Waals surface area contributed by atoms with Crippen molar-refractivity contribution in [2.75, 3.05) is 44.8 Å². The summed E-state index contributed by atoms with van der Waals surface area (Å²) in [4.78, 5) is 9.59. The molecular formula is C22H24ClN7OS. The lowest BCUT2D eigenvalue weighted by Gasteiger charge is -2.39. The van der Waals surface area contributed by atoms with Gasteiger partial charge in [0.2, 0.25) is 0 Å². The molecule has 0 aliphatic carbocycles. The van der Waals surface area contributed by atoms with Crippen LogP contribution in [-0.2, 0) is 11.3 Å². The monoisotopic (exact) mass is 469 g/mol. The largest absolute Gasteiger partial charge is 0.383 e. The van der Waals surface area contributed by atoms with Crippen LogP contribution in [0.3, 0.4) is 0 Å². The number of hydrogen-bond acceptors (Lipinski definition) is 8. The molecule has 0 bridgehead atoms. The molecule has 4 aromatic rings. The predicted molar refractivity (Wildman–Crippen MR) is 126 cm³/mol. The van der Waals surface area contributed by atoms with Crippen molar-refractivity contribution in [1.29, 1.82) is 0 Å². The number of para-hydroxylation sites is 1. The molecular weight excluding hydrogens is 446 g/mol. The van der Waals surface area contributed by atoms with Crippen molar-refractivity contribution in [3.05, 3.63) is 64.9 Å². The highest BCUT2D eigenvalue weighted by Crippen LogP contribution is 2.34. The number of nitrogens with zero attached hydrogens (tertiary/aromatic N) is 7. The SMILES string of the molecule is COCCn1nnnc1[C@@H](c1ccccc1Cl)N1CCN(c2nc3ccccc3s2)CC1. The minimum absolute atomic E-state index is 0.131. The van der Waals surface area contributed by atoms with Gasteiger partial charge in [-0.25, -0.2) is 9.67 Å². The van der Waals surface area contributed by atoms with E-state index >= 15 is 0 Å². The molecule has 1 atom stereocenters. The molecule has 0 unspecified atom stereocenters. The molecule has 8 nitrogen and oxygen atoms in total. The first-order valence-corrected chi connectivity index (χ1v) is 11.8. The number of tetrazole rings is 1. The Labute approximate surface area is 195 Å². The molecule has 0 saturated carbocycles. The van der Waals surface area contributed by atoms with E-state index in [0.717, 1.165) is 48.2 Å². The summed E-state index contributed by atoms with van der Waals surface area (Å²) < 4.78 is 8.28. The smallest absolute Gasteiger partial charge is 0.186 e. The Kier molecular flexibility index (Phi) is 6.31. The minimum atomic E-state index is -0.131. The van der Waals surface area contributed by atoms with Gasteiger partial charge in [-0.2, -0.15) is 0 Å². The molecule has 1 saturated heterocycles. The number of piperazine rings is 1. The van der Waals surface area contributed by atoms with Gasteiger partial charge in [-0.1, -0.05) is 53.3 Å². The van der Waals surface area contributed by atoms with Gasteiger partial charge in [-0.3, -0.25) is 4.90 Å². The highest BCUT2D eigenvalue weighted by molar-refractivity contribution is 7.22. The maximum Gasteiger partial charge on any atom is 0.186 e. The summed E-state index contributed by atoms with van der Waals surface area (Å²) in [5.41, 5.74) is 2.07. The highest BCUT2D eigenvalue weighted by atomic mass is 35.5. The first-order valence-electron chi connectivity index (χ1n) is 10.6. The average molecular weight is 470 g/mol. The van der Waals surface area contributed by atoms with Crippen LogP contribution in [0.4, 0.5) is 5.13 Å². The van der Waals surface area contributed by atoms with E-state index in [1.165, 1.54) is 4.70 Å². The number of halogens is 1. The standard InChI is InChI=1S/C22H24ClN7OS/c1-31-15-14-30-21(25-26-27-30)20(16-6-2-3-7-17(16)23)28-10-12-29(13-11-28)22-24-18-8-4-5-9-19(18)32-22/h2-9,20H,10-15H2,1H3/t20-/m1/s1.